The zero-order chi connectivity index (χ0) is 31.6. The molecule has 2 atom stereocenters. The van der Waals surface area contributed by atoms with Crippen molar-refractivity contribution in [3.8, 4) is 0 Å². The smallest absolute Gasteiger partial charge is 0.305 e. The Kier molecular flexibility index (Phi) is 32.8. The normalized spacial score (nSPS) is 12.7. The first kappa shape index (κ1) is 41.8. The van der Waals surface area contributed by atoms with Crippen molar-refractivity contribution in [2.24, 2.45) is 0 Å². The second kappa shape index (κ2) is 33.7. The minimum atomic E-state index is -1.03. The predicted molar refractivity (Wildman–Crippen MR) is 176 cm³/mol. The topological polar surface area (TPSA) is 102 Å². The molecule has 0 aliphatic carbocycles. The Hall–Kier alpha value is -1.18. The molecule has 0 aliphatic rings. The summed E-state index contributed by atoms with van der Waals surface area (Å²) in [6, 6.07) is 0. The summed E-state index contributed by atoms with van der Waals surface area (Å²) in [5.41, 5.74) is 0. The fourth-order valence-electron chi connectivity index (χ4n) is 5.18. The van der Waals surface area contributed by atoms with E-state index in [-0.39, 0.29) is 31.8 Å². The number of aliphatic hydroxyl groups is 2. The van der Waals surface area contributed by atoms with Crippen LogP contribution in [0.3, 0.4) is 0 Å². The molecule has 43 heavy (non-hydrogen) atoms. The molecule has 0 heterocycles. The van der Waals surface area contributed by atoms with E-state index in [1.54, 1.807) is 0 Å². The van der Waals surface area contributed by atoms with E-state index in [1.165, 1.54) is 116 Å². The van der Waals surface area contributed by atoms with E-state index < -0.39 is 18.8 Å². The maximum atomic E-state index is 12.2. The van der Waals surface area contributed by atoms with E-state index in [1.807, 2.05) is 0 Å². The van der Waals surface area contributed by atoms with Gasteiger partial charge in [0.05, 0.1) is 13.2 Å². The average Bonchev–Trinajstić information content (AvgIpc) is 3.01. The van der Waals surface area contributed by atoms with Crippen LogP contribution in [-0.2, 0) is 23.8 Å². The maximum absolute atomic E-state index is 12.2. The molecular formula is C36H70O7. The van der Waals surface area contributed by atoms with Crippen molar-refractivity contribution in [2.45, 2.75) is 193 Å². The molecule has 0 fully saturated rings. The summed E-state index contributed by atoms with van der Waals surface area (Å²) in [6.45, 7) is 3.87. The van der Waals surface area contributed by atoms with Gasteiger partial charge in [0.15, 0.2) is 0 Å². The first-order valence-electron chi connectivity index (χ1n) is 18.2. The third-order valence-electron chi connectivity index (χ3n) is 8.06. The molecule has 7 heteroatoms. The first-order chi connectivity index (χ1) is 21.0. The monoisotopic (exact) mass is 615 g/mol. The third kappa shape index (κ3) is 32.0. The van der Waals surface area contributed by atoms with Gasteiger partial charge in [-0.2, -0.15) is 0 Å². The molecule has 0 radical (unpaired) electrons. The number of hydrogen-bond donors (Lipinski definition) is 2. The van der Waals surface area contributed by atoms with Crippen molar-refractivity contribution in [1.29, 1.82) is 0 Å². The molecule has 2 unspecified atom stereocenters. The number of hydrogen-bond acceptors (Lipinski definition) is 7. The molecule has 0 aliphatic heterocycles. The van der Waals surface area contributed by atoms with E-state index >= 15 is 0 Å². The Morgan fingerprint density at radius 2 is 0.791 bits per heavy atom. The number of rotatable bonds is 34. The van der Waals surface area contributed by atoms with Gasteiger partial charge in [-0.1, -0.05) is 155 Å². The van der Waals surface area contributed by atoms with Gasteiger partial charge in [0, 0.05) is 12.8 Å². The van der Waals surface area contributed by atoms with Crippen LogP contribution in [0.4, 0.5) is 0 Å². The van der Waals surface area contributed by atoms with Gasteiger partial charge in [-0.05, 0) is 12.8 Å². The minimum Gasteiger partial charge on any atom is -0.463 e. The van der Waals surface area contributed by atoms with E-state index in [2.05, 4.69) is 13.8 Å². The second-order valence-electron chi connectivity index (χ2n) is 12.4. The van der Waals surface area contributed by atoms with Crippen molar-refractivity contribution < 1.29 is 34.0 Å². The van der Waals surface area contributed by atoms with Crippen LogP contribution in [-0.4, -0.2) is 60.8 Å². The van der Waals surface area contributed by atoms with Gasteiger partial charge in [0.2, 0.25) is 0 Å². The van der Waals surface area contributed by atoms with Crippen molar-refractivity contribution in [2.75, 3.05) is 26.4 Å². The molecule has 0 aromatic heterocycles. The number of ether oxygens (including phenoxy) is 3. The van der Waals surface area contributed by atoms with Gasteiger partial charge >= 0.3 is 11.9 Å². The lowest BCUT2D eigenvalue weighted by Gasteiger charge is -2.19. The third-order valence-corrected chi connectivity index (χ3v) is 8.06. The number of aliphatic hydroxyl groups excluding tert-OH is 2. The Bertz CT molecular complexity index is 598. The Balaban J connectivity index is 3.92. The molecule has 0 bridgehead atoms. The van der Waals surface area contributed by atoms with Crippen LogP contribution in [0.15, 0.2) is 0 Å². The summed E-state index contributed by atoms with van der Waals surface area (Å²) in [6.07, 6.45) is 28.7. The number of carbonyl (C=O) groups is 2. The lowest BCUT2D eigenvalue weighted by molar-refractivity contribution is -0.157. The van der Waals surface area contributed by atoms with E-state index in [0.717, 1.165) is 38.5 Å². The summed E-state index contributed by atoms with van der Waals surface area (Å²) in [4.78, 5) is 24.4. The van der Waals surface area contributed by atoms with E-state index in [0.29, 0.717) is 12.8 Å². The number of carbonyl (C=O) groups excluding carboxylic acids is 2. The molecular weight excluding hydrogens is 544 g/mol. The van der Waals surface area contributed by atoms with Crippen molar-refractivity contribution in [3.63, 3.8) is 0 Å². The zero-order valence-electron chi connectivity index (χ0n) is 28.3. The van der Waals surface area contributed by atoms with Crippen LogP contribution < -0.4 is 0 Å². The lowest BCUT2D eigenvalue weighted by atomic mass is 10.0. The van der Waals surface area contributed by atoms with Crippen molar-refractivity contribution in [3.05, 3.63) is 0 Å². The molecule has 256 valence electrons. The zero-order valence-corrected chi connectivity index (χ0v) is 28.3. The Labute approximate surface area is 265 Å². The number of esters is 2. The van der Waals surface area contributed by atoms with Crippen molar-refractivity contribution >= 4 is 11.9 Å². The molecule has 0 saturated heterocycles. The molecule has 0 amide bonds. The Morgan fingerprint density at radius 3 is 1.09 bits per heavy atom. The van der Waals surface area contributed by atoms with Gasteiger partial charge in [-0.25, -0.2) is 0 Å². The second-order valence-corrected chi connectivity index (χ2v) is 12.4. The summed E-state index contributed by atoms with van der Waals surface area (Å²) < 4.78 is 16.3. The van der Waals surface area contributed by atoms with Crippen LogP contribution in [0.2, 0.25) is 0 Å². The molecule has 2 N–H and O–H groups in total. The highest BCUT2D eigenvalue weighted by Crippen LogP contribution is 2.14. The quantitative estimate of drug-likeness (QED) is 0.0551. The molecule has 0 spiro atoms. The van der Waals surface area contributed by atoms with Gasteiger partial charge in [0.25, 0.3) is 0 Å². The van der Waals surface area contributed by atoms with E-state index in [4.69, 9.17) is 19.3 Å². The van der Waals surface area contributed by atoms with Crippen LogP contribution in [0.25, 0.3) is 0 Å². The highest BCUT2D eigenvalue weighted by atomic mass is 16.6. The molecule has 7 nitrogen and oxygen atoms in total. The summed E-state index contributed by atoms with van der Waals surface area (Å²) in [5, 5.41) is 18.7. The minimum absolute atomic E-state index is 0.0405. The standard InChI is InChI=1S/C36H70O7/c1-3-5-7-9-11-13-15-16-18-20-22-24-26-28-36(40)43-32-34(41-30-33(38)29-37)31-42-35(39)27-25-23-21-19-17-14-12-10-8-6-4-2/h33-34,37-38H,3-32H2,1-2H3. The highest BCUT2D eigenvalue weighted by molar-refractivity contribution is 5.69. The fourth-order valence-corrected chi connectivity index (χ4v) is 5.18. The van der Waals surface area contributed by atoms with Crippen LogP contribution in [0.1, 0.15) is 181 Å². The summed E-state index contributed by atoms with van der Waals surface area (Å²) >= 11 is 0. The molecule has 0 aromatic rings. The molecule has 0 aromatic carbocycles. The molecule has 0 saturated carbocycles. The fraction of sp³-hybridized carbons (Fsp3) is 0.944. The van der Waals surface area contributed by atoms with Crippen LogP contribution in [0.5, 0.6) is 0 Å². The summed E-state index contributed by atoms with van der Waals surface area (Å²) in [5.74, 6) is -0.572. The van der Waals surface area contributed by atoms with E-state index in [9.17, 15) is 14.7 Å². The maximum Gasteiger partial charge on any atom is 0.305 e. The average molecular weight is 615 g/mol. The summed E-state index contributed by atoms with van der Waals surface area (Å²) in [7, 11) is 0. The van der Waals surface area contributed by atoms with Gasteiger partial charge < -0.3 is 24.4 Å². The van der Waals surface area contributed by atoms with Gasteiger partial charge in [0.1, 0.15) is 25.4 Å². The molecule has 0 rings (SSSR count). The van der Waals surface area contributed by atoms with Gasteiger partial charge in [-0.3, -0.25) is 9.59 Å². The van der Waals surface area contributed by atoms with Crippen LogP contribution >= 0.6 is 0 Å². The van der Waals surface area contributed by atoms with Crippen molar-refractivity contribution in [1.82, 2.24) is 0 Å². The number of unbranched alkanes of at least 4 members (excludes halogenated alkanes) is 22. The van der Waals surface area contributed by atoms with Crippen LogP contribution in [0, 0.1) is 0 Å². The largest absolute Gasteiger partial charge is 0.463 e. The van der Waals surface area contributed by atoms with Gasteiger partial charge in [-0.15, -0.1) is 0 Å². The Morgan fingerprint density at radius 1 is 0.488 bits per heavy atom. The SMILES string of the molecule is CCCCCCCCCCCCCCCC(=O)OCC(COC(=O)CCCCCCCCCCCCC)OCC(O)CO. The first-order valence-corrected chi connectivity index (χ1v) is 18.2. The highest BCUT2D eigenvalue weighted by Gasteiger charge is 2.17. The lowest BCUT2D eigenvalue weighted by Crippen LogP contribution is -2.32. The predicted octanol–water partition coefficient (Wildman–Crippen LogP) is 8.99.